The Morgan fingerprint density at radius 1 is 1.15 bits per heavy atom. The maximum Gasteiger partial charge on any atom is 0.243 e. The van der Waals surface area contributed by atoms with Gasteiger partial charge in [0, 0.05) is 19.3 Å². The van der Waals surface area contributed by atoms with Crippen molar-refractivity contribution >= 4 is 10.0 Å². The summed E-state index contributed by atoms with van der Waals surface area (Å²) in [5, 5.41) is 3.96. The first-order valence-corrected chi connectivity index (χ1v) is 9.00. The molecule has 4 aliphatic rings. The highest BCUT2D eigenvalue weighted by atomic mass is 32.2. The second-order valence-electron chi connectivity index (χ2n) is 6.93. The first kappa shape index (κ1) is 12.8. The third-order valence-electron chi connectivity index (χ3n) is 5.51. The normalized spacial score (nSPS) is 39.4. The summed E-state index contributed by atoms with van der Waals surface area (Å²) in [6.07, 6.45) is 9.24. The van der Waals surface area contributed by atoms with Crippen LogP contribution in [0.25, 0.3) is 0 Å². The van der Waals surface area contributed by atoms with E-state index in [1.807, 2.05) is 0 Å². The number of aryl methyl sites for hydroxylation is 1. The number of hydrogen-bond donors (Lipinski definition) is 1. The lowest BCUT2D eigenvalue weighted by Gasteiger charge is -2.54. The van der Waals surface area contributed by atoms with Crippen LogP contribution >= 0.6 is 0 Å². The molecular weight excluding hydrogens is 274 g/mol. The van der Waals surface area contributed by atoms with E-state index in [0.29, 0.717) is 11.8 Å². The molecule has 1 heterocycles. The van der Waals surface area contributed by atoms with E-state index in [1.54, 1.807) is 13.2 Å². The maximum atomic E-state index is 12.5. The minimum Gasteiger partial charge on any atom is -0.274 e. The van der Waals surface area contributed by atoms with Crippen LogP contribution in [0.1, 0.15) is 32.1 Å². The third kappa shape index (κ3) is 2.00. The Bertz CT molecular complexity index is 594. The molecular formula is C14H21N3O2S. The highest BCUT2D eigenvalue weighted by molar-refractivity contribution is 7.89. The van der Waals surface area contributed by atoms with Gasteiger partial charge in [-0.3, -0.25) is 4.68 Å². The van der Waals surface area contributed by atoms with Crippen molar-refractivity contribution in [3.05, 3.63) is 12.4 Å². The van der Waals surface area contributed by atoms with Gasteiger partial charge in [0.15, 0.2) is 0 Å². The quantitative estimate of drug-likeness (QED) is 0.919. The Hall–Kier alpha value is -0.880. The van der Waals surface area contributed by atoms with Crippen molar-refractivity contribution in [2.45, 2.75) is 43.0 Å². The molecule has 0 aliphatic heterocycles. The van der Waals surface area contributed by atoms with Gasteiger partial charge < -0.3 is 0 Å². The van der Waals surface area contributed by atoms with E-state index < -0.39 is 10.0 Å². The van der Waals surface area contributed by atoms with E-state index in [-0.39, 0.29) is 10.9 Å². The molecule has 0 spiro atoms. The van der Waals surface area contributed by atoms with Gasteiger partial charge in [-0.2, -0.15) is 5.10 Å². The molecule has 4 saturated carbocycles. The fourth-order valence-electron chi connectivity index (χ4n) is 4.90. The average Bonchev–Trinajstić information content (AvgIpc) is 2.80. The van der Waals surface area contributed by atoms with E-state index in [0.717, 1.165) is 11.8 Å². The zero-order valence-corrected chi connectivity index (χ0v) is 12.5. The molecule has 4 bridgehead atoms. The van der Waals surface area contributed by atoms with E-state index in [4.69, 9.17) is 0 Å². The maximum absolute atomic E-state index is 12.5. The molecule has 0 radical (unpaired) electrons. The fraction of sp³-hybridized carbons (Fsp3) is 0.786. The van der Waals surface area contributed by atoms with Gasteiger partial charge in [0.1, 0.15) is 4.90 Å². The number of aromatic nitrogens is 2. The Kier molecular flexibility index (Phi) is 2.76. The predicted octanol–water partition coefficient (Wildman–Crippen LogP) is 1.52. The molecule has 110 valence electrons. The third-order valence-corrected chi connectivity index (χ3v) is 6.92. The second kappa shape index (κ2) is 4.31. The molecule has 4 aliphatic carbocycles. The first-order valence-electron chi connectivity index (χ1n) is 7.52. The van der Waals surface area contributed by atoms with Crippen molar-refractivity contribution < 1.29 is 8.42 Å². The van der Waals surface area contributed by atoms with Gasteiger partial charge >= 0.3 is 0 Å². The number of nitrogens with zero attached hydrogens (tertiary/aromatic N) is 2. The van der Waals surface area contributed by atoms with Crippen molar-refractivity contribution in [1.82, 2.24) is 14.5 Å². The summed E-state index contributed by atoms with van der Waals surface area (Å²) in [6, 6.07) is 0.146. The zero-order chi connectivity index (χ0) is 13.9. The highest BCUT2D eigenvalue weighted by Gasteiger charge is 2.49. The molecule has 1 aromatic rings. The lowest BCUT2D eigenvalue weighted by molar-refractivity contribution is -0.00557. The number of hydrogen-bond acceptors (Lipinski definition) is 3. The zero-order valence-electron chi connectivity index (χ0n) is 11.7. The largest absolute Gasteiger partial charge is 0.274 e. The van der Waals surface area contributed by atoms with E-state index in [9.17, 15) is 8.42 Å². The van der Waals surface area contributed by atoms with Gasteiger partial charge in [-0.1, -0.05) is 0 Å². The molecule has 6 heteroatoms. The molecule has 0 saturated heterocycles. The summed E-state index contributed by atoms with van der Waals surface area (Å²) in [5.41, 5.74) is 0. The summed E-state index contributed by atoms with van der Waals surface area (Å²) in [5.74, 6) is 2.82. The molecule has 5 rings (SSSR count). The average molecular weight is 295 g/mol. The summed E-state index contributed by atoms with van der Waals surface area (Å²) in [4.78, 5) is 0.286. The Morgan fingerprint density at radius 2 is 1.75 bits per heavy atom. The van der Waals surface area contributed by atoms with Gasteiger partial charge in [0.25, 0.3) is 0 Å². The van der Waals surface area contributed by atoms with Crippen LogP contribution in [-0.4, -0.2) is 24.2 Å². The second-order valence-corrected chi connectivity index (χ2v) is 8.64. The van der Waals surface area contributed by atoms with Crippen LogP contribution in [0, 0.1) is 23.7 Å². The lowest BCUT2D eigenvalue weighted by Crippen LogP contribution is -2.55. The predicted molar refractivity (Wildman–Crippen MR) is 74.4 cm³/mol. The molecule has 0 unspecified atom stereocenters. The Labute approximate surface area is 119 Å². The molecule has 5 nitrogen and oxygen atoms in total. The Balaban J connectivity index is 1.57. The Morgan fingerprint density at radius 3 is 2.25 bits per heavy atom. The topological polar surface area (TPSA) is 64.0 Å². The van der Waals surface area contributed by atoms with Crippen LogP contribution in [0.5, 0.6) is 0 Å². The van der Waals surface area contributed by atoms with Crippen molar-refractivity contribution in [3.8, 4) is 0 Å². The lowest BCUT2D eigenvalue weighted by atomic mass is 9.54. The molecule has 1 N–H and O–H groups in total. The van der Waals surface area contributed by atoms with Crippen LogP contribution in [-0.2, 0) is 17.1 Å². The minimum absolute atomic E-state index is 0.146. The number of nitrogens with one attached hydrogen (secondary N) is 1. The van der Waals surface area contributed by atoms with Gasteiger partial charge in [-0.05, 0) is 55.8 Å². The van der Waals surface area contributed by atoms with Crippen LogP contribution in [0.2, 0.25) is 0 Å². The summed E-state index contributed by atoms with van der Waals surface area (Å²) in [7, 11) is -1.68. The van der Waals surface area contributed by atoms with Crippen LogP contribution in [0.4, 0.5) is 0 Å². The molecule has 0 aromatic carbocycles. The first-order chi connectivity index (χ1) is 9.51. The molecule has 4 fully saturated rings. The smallest absolute Gasteiger partial charge is 0.243 e. The minimum atomic E-state index is -3.42. The standard InChI is InChI=1S/C14H21N3O2S/c1-17-8-13(7-15-17)20(18,19)16-14-11-3-9-2-10(5-11)6-12(14)4-9/h7-12,14,16H,2-6H2,1H3. The van der Waals surface area contributed by atoms with Crippen molar-refractivity contribution in [2.75, 3.05) is 0 Å². The van der Waals surface area contributed by atoms with Gasteiger partial charge in [0.05, 0.1) is 6.20 Å². The fourth-order valence-corrected chi connectivity index (χ4v) is 6.26. The number of sulfonamides is 1. The highest BCUT2D eigenvalue weighted by Crippen LogP contribution is 2.53. The van der Waals surface area contributed by atoms with Gasteiger partial charge in [-0.25, -0.2) is 13.1 Å². The van der Waals surface area contributed by atoms with Crippen LogP contribution in [0.3, 0.4) is 0 Å². The summed E-state index contributed by atoms with van der Waals surface area (Å²) in [6.45, 7) is 0. The molecule has 1 aromatic heterocycles. The van der Waals surface area contributed by atoms with E-state index in [1.165, 1.54) is 43.0 Å². The van der Waals surface area contributed by atoms with Crippen LogP contribution in [0.15, 0.2) is 17.3 Å². The van der Waals surface area contributed by atoms with E-state index >= 15 is 0 Å². The number of rotatable bonds is 3. The molecule has 0 amide bonds. The van der Waals surface area contributed by atoms with Gasteiger partial charge in [-0.15, -0.1) is 0 Å². The summed E-state index contributed by atoms with van der Waals surface area (Å²) >= 11 is 0. The SMILES string of the molecule is Cn1cc(S(=O)(=O)NC2C3CC4CC(C3)CC2C4)cn1. The van der Waals surface area contributed by atoms with Gasteiger partial charge in [0.2, 0.25) is 10.0 Å². The van der Waals surface area contributed by atoms with Crippen molar-refractivity contribution in [1.29, 1.82) is 0 Å². The summed E-state index contributed by atoms with van der Waals surface area (Å²) < 4.78 is 29.5. The molecule has 20 heavy (non-hydrogen) atoms. The van der Waals surface area contributed by atoms with Crippen molar-refractivity contribution in [2.24, 2.45) is 30.7 Å². The van der Waals surface area contributed by atoms with Crippen LogP contribution < -0.4 is 4.72 Å². The van der Waals surface area contributed by atoms with Crippen molar-refractivity contribution in [3.63, 3.8) is 0 Å². The monoisotopic (exact) mass is 295 g/mol. The molecule has 0 atom stereocenters. The van der Waals surface area contributed by atoms with E-state index in [2.05, 4.69) is 9.82 Å².